The third kappa shape index (κ3) is 3.56. The summed E-state index contributed by atoms with van der Waals surface area (Å²) >= 11 is 0. The zero-order valence-corrected chi connectivity index (χ0v) is 10.0. The second-order valence-corrected chi connectivity index (χ2v) is 4.39. The van der Waals surface area contributed by atoms with Crippen LogP contribution in [0.4, 0.5) is 19.1 Å². The number of hydrogen-bond donors (Lipinski definition) is 1. The van der Waals surface area contributed by atoms with Crippen molar-refractivity contribution < 1.29 is 13.2 Å². The molecule has 4 nitrogen and oxygen atoms in total. The predicted molar refractivity (Wildman–Crippen MR) is 61.3 cm³/mol. The molecule has 0 aromatic carbocycles. The van der Waals surface area contributed by atoms with Gasteiger partial charge in [0, 0.05) is 32.4 Å². The van der Waals surface area contributed by atoms with Crippen molar-refractivity contribution in [1.82, 2.24) is 15.3 Å². The highest BCUT2D eigenvalue weighted by atomic mass is 19.4. The molecular weight excluding hydrogens is 245 g/mol. The van der Waals surface area contributed by atoms with Crippen molar-refractivity contribution in [3.63, 3.8) is 0 Å². The minimum absolute atomic E-state index is 0.0995. The van der Waals surface area contributed by atoms with Crippen LogP contribution in [-0.4, -0.2) is 36.1 Å². The van der Waals surface area contributed by atoms with E-state index in [2.05, 4.69) is 15.3 Å². The third-order valence-corrected chi connectivity index (χ3v) is 2.73. The van der Waals surface area contributed by atoms with Crippen LogP contribution in [0.2, 0.25) is 0 Å². The van der Waals surface area contributed by atoms with E-state index < -0.39 is 11.9 Å². The summed E-state index contributed by atoms with van der Waals surface area (Å²) in [5, 5.41) is 3.28. The van der Waals surface area contributed by atoms with Gasteiger partial charge in [0.15, 0.2) is 0 Å². The van der Waals surface area contributed by atoms with Gasteiger partial charge in [-0.3, -0.25) is 0 Å². The van der Waals surface area contributed by atoms with Crippen molar-refractivity contribution >= 4 is 5.95 Å². The Kier molecular flexibility index (Phi) is 3.70. The molecule has 18 heavy (non-hydrogen) atoms. The van der Waals surface area contributed by atoms with E-state index in [0.29, 0.717) is 12.6 Å². The monoisotopic (exact) mass is 260 g/mol. The molecule has 1 heterocycles. The fourth-order valence-corrected chi connectivity index (χ4v) is 1.51. The molecule has 0 saturated heterocycles. The van der Waals surface area contributed by atoms with Crippen LogP contribution in [0.25, 0.3) is 0 Å². The number of nitrogens with one attached hydrogen (secondary N) is 1. The lowest BCUT2D eigenvalue weighted by atomic mass is 10.4. The third-order valence-electron chi connectivity index (χ3n) is 2.73. The van der Waals surface area contributed by atoms with Gasteiger partial charge in [0.1, 0.15) is 5.69 Å². The van der Waals surface area contributed by atoms with Crippen molar-refractivity contribution in [3.8, 4) is 0 Å². The van der Waals surface area contributed by atoms with Crippen LogP contribution in [0.3, 0.4) is 0 Å². The highest BCUT2D eigenvalue weighted by Gasteiger charge is 2.33. The van der Waals surface area contributed by atoms with Gasteiger partial charge in [0.2, 0.25) is 5.95 Å². The molecule has 1 aromatic heterocycles. The maximum atomic E-state index is 12.5. The molecule has 100 valence electrons. The van der Waals surface area contributed by atoms with E-state index in [1.54, 1.807) is 11.9 Å². The number of halogens is 3. The quantitative estimate of drug-likeness (QED) is 0.874. The number of anilines is 1. The second kappa shape index (κ2) is 5.09. The highest BCUT2D eigenvalue weighted by Crippen LogP contribution is 2.27. The summed E-state index contributed by atoms with van der Waals surface area (Å²) in [5.74, 6) is 0.0995. The number of likely N-dealkylation sites (N-methyl/N-ethyl adjacent to an activating group) is 1. The van der Waals surface area contributed by atoms with Crippen molar-refractivity contribution in [2.24, 2.45) is 0 Å². The first-order valence-corrected chi connectivity index (χ1v) is 5.81. The first-order valence-electron chi connectivity index (χ1n) is 5.81. The lowest BCUT2D eigenvalue weighted by Crippen LogP contribution is -2.31. The van der Waals surface area contributed by atoms with Crippen LogP contribution < -0.4 is 10.2 Å². The molecule has 0 bridgehead atoms. The first-order chi connectivity index (χ1) is 8.47. The van der Waals surface area contributed by atoms with Crippen LogP contribution in [-0.2, 0) is 6.18 Å². The largest absolute Gasteiger partial charge is 0.433 e. The van der Waals surface area contributed by atoms with E-state index in [-0.39, 0.29) is 5.95 Å². The Labute approximate surface area is 103 Å². The summed E-state index contributed by atoms with van der Waals surface area (Å²) in [6, 6.07) is 1.46. The fourth-order valence-electron chi connectivity index (χ4n) is 1.51. The number of alkyl halides is 3. The Morgan fingerprint density at radius 2 is 2.17 bits per heavy atom. The van der Waals surface area contributed by atoms with Crippen molar-refractivity contribution in [2.45, 2.75) is 25.1 Å². The summed E-state index contributed by atoms with van der Waals surface area (Å²) < 4.78 is 37.4. The van der Waals surface area contributed by atoms with Crippen molar-refractivity contribution in [1.29, 1.82) is 0 Å². The molecule has 0 amide bonds. The van der Waals surface area contributed by atoms with Crippen LogP contribution in [0.15, 0.2) is 12.3 Å². The maximum Gasteiger partial charge on any atom is 0.433 e. The Bertz CT molecular complexity index is 404. The molecule has 7 heteroatoms. The normalized spacial score (nSPS) is 15.8. The molecular formula is C11H15F3N4. The molecule has 1 fully saturated rings. The van der Waals surface area contributed by atoms with E-state index in [9.17, 15) is 13.2 Å². The highest BCUT2D eigenvalue weighted by molar-refractivity contribution is 5.29. The molecule has 0 radical (unpaired) electrons. The minimum Gasteiger partial charge on any atom is -0.343 e. The predicted octanol–water partition coefficient (Wildman–Crippen LogP) is 1.68. The molecule has 0 aliphatic heterocycles. The molecule has 1 aliphatic carbocycles. The smallest absolute Gasteiger partial charge is 0.343 e. The average molecular weight is 260 g/mol. The van der Waals surface area contributed by atoms with E-state index in [4.69, 9.17) is 0 Å². The maximum absolute atomic E-state index is 12.5. The van der Waals surface area contributed by atoms with Crippen LogP contribution >= 0.6 is 0 Å². The zero-order valence-electron chi connectivity index (χ0n) is 10.0. The lowest BCUT2D eigenvalue weighted by Gasteiger charge is -2.18. The zero-order chi connectivity index (χ0) is 13.2. The van der Waals surface area contributed by atoms with Gasteiger partial charge in [-0.05, 0) is 18.9 Å². The standard InChI is InChI=1S/C11H15F3N4/c1-18(7-6-15-8-2-3-8)10-16-5-4-9(17-10)11(12,13)14/h4-5,8,15H,2-3,6-7H2,1H3. The topological polar surface area (TPSA) is 41.0 Å². The van der Waals surface area contributed by atoms with Crippen molar-refractivity contribution in [3.05, 3.63) is 18.0 Å². The van der Waals surface area contributed by atoms with Crippen LogP contribution in [0.5, 0.6) is 0 Å². The van der Waals surface area contributed by atoms with Gasteiger partial charge in [-0.15, -0.1) is 0 Å². The van der Waals surface area contributed by atoms with Gasteiger partial charge in [-0.2, -0.15) is 13.2 Å². The van der Waals surface area contributed by atoms with Gasteiger partial charge in [0.05, 0.1) is 0 Å². The summed E-state index contributed by atoms with van der Waals surface area (Å²) in [6.45, 7) is 1.30. The van der Waals surface area contributed by atoms with Crippen molar-refractivity contribution in [2.75, 3.05) is 25.0 Å². The van der Waals surface area contributed by atoms with E-state index in [1.165, 1.54) is 12.8 Å². The number of aromatic nitrogens is 2. The van der Waals surface area contributed by atoms with Gasteiger partial charge in [-0.1, -0.05) is 0 Å². The van der Waals surface area contributed by atoms with E-state index in [0.717, 1.165) is 18.8 Å². The van der Waals surface area contributed by atoms with Gasteiger partial charge in [-0.25, -0.2) is 9.97 Å². The molecule has 1 N–H and O–H groups in total. The second-order valence-electron chi connectivity index (χ2n) is 4.39. The number of nitrogens with zero attached hydrogens (tertiary/aromatic N) is 3. The lowest BCUT2D eigenvalue weighted by molar-refractivity contribution is -0.141. The molecule has 1 saturated carbocycles. The Balaban J connectivity index is 1.93. The summed E-state index contributed by atoms with van der Waals surface area (Å²) in [4.78, 5) is 8.99. The molecule has 0 unspecified atom stereocenters. The summed E-state index contributed by atoms with van der Waals surface area (Å²) in [7, 11) is 1.68. The average Bonchev–Trinajstić information content (AvgIpc) is 3.12. The van der Waals surface area contributed by atoms with Gasteiger partial charge in [0.25, 0.3) is 0 Å². The van der Waals surface area contributed by atoms with E-state index in [1.807, 2.05) is 0 Å². The molecule has 0 spiro atoms. The Morgan fingerprint density at radius 1 is 1.44 bits per heavy atom. The summed E-state index contributed by atoms with van der Waals surface area (Å²) in [5.41, 5.74) is -0.908. The SMILES string of the molecule is CN(CCNC1CC1)c1nccc(C(F)(F)F)n1. The van der Waals surface area contributed by atoms with E-state index >= 15 is 0 Å². The first kappa shape index (κ1) is 13.1. The summed E-state index contributed by atoms with van der Waals surface area (Å²) in [6.07, 6.45) is -0.922. The van der Waals surface area contributed by atoms with Gasteiger partial charge >= 0.3 is 6.18 Å². The number of rotatable bonds is 5. The molecule has 0 atom stereocenters. The fraction of sp³-hybridized carbons (Fsp3) is 0.636. The van der Waals surface area contributed by atoms with Gasteiger partial charge < -0.3 is 10.2 Å². The molecule has 1 aromatic rings. The molecule has 2 rings (SSSR count). The van der Waals surface area contributed by atoms with Crippen LogP contribution in [0, 0.1) is 0 Å². The Morgan fingerprint density at radius 3 is 2.78 bits per heavy atom. The Hall–Kier alpha value is -1.37. The number of hydrogen-bond acceptors (Lipinski definition) is 4. The molecule has 1 aliphatic rings. The minimum atomic E-state index is -4.43. The van der Waals surface area contributed by atoms with Crippen LogP contribution in [0.1, 0.15) is 18.5 Å².